The van der Waals surface area contributed by atoms with Gasteiger partial charge in [0.2, 0.25) is 17.7 Å². The van der Waals surface area contributed by atoms with Crippen LogP contribution in [0.25, 0.3) is 10.9 Å². The van der Waals surface area contributed by atoms with Crippen molar-refractivity contribution in [3.05, 3.63) is 65.9 Å². The number of carbonyl (C=O) groups is 4. The van der Waals surface area contributed by atoms with E-state index in [2.05, 4.69) is 26.3 Å². The van der Waals surface area contributed by atoms with Gasteiger partial charge in [0.1, 0.15) is 23.9 Å². The Labute approximate surface area is 257 Å². The number of carbonyl (C=O) groups excluding carboxylic acids is 3. The Hall–Kier alpha value is -4.38. The van der Waals surface area contributed by atoms with E-state index in [1.165, 1.54) is 12.1 Å². The number of benzene rings is 2. The Balaban J connectivity index is 1.59. The number of H-pyrrole nitrogens is 1. The molecule has 3 amide bonds. The number of hydrogen-bond donors (Lipinski definition) is 7. The minimum Gasteiger partial charge on any atom is -0.508 e. The van der Waals surface area contributed by atoms with Crippen molar-refractivity contribution in [1.82, 2.24) is 26.3 Å². The zero-order valence-corrected chi connectivity index (χ0v) is 25.5. The van der Waals surface area contributed by atoms with Gasteiger partial charge in [-0.2, -0.15) is 0 Å². The molecule has 4 rings (SSSR count). The minimum atomic E-state index is -1.15. The van der Waals surface area contributed by atoms with E-state index in [4.69, 9.17) is 0 Å². The Morgan fingerprint density at radius 2 is 1.57 bits per heavy atom. The van der Waals surface area contributed by atoms with Crippen molar-refractivity contribution in [2.45, 2.75) is 83.5 Å². The Kier molecular flexibility index (Phi) is 10.6. The molecule has 11 heteroatoms. The van der Waals surface area contributed by atoms with Gasteiger partial charge in [0, 0.05) is 29.9 Å². The van der Waals surface area contributed by atoms with Crippen LogP contribution < -0.4 is 21.3 Å². The van der Waals surface area contributed by atoms with Gasteiger partial charge in [-0.15, -0.1) is 0 Å². The van der Waals surface area contributed by atoms with Gasteiger partial charge in [0.05, 0.1) is 6.04 Å². The van der Waals surface area contributed by atoms with Gasteiger partial charge in [-0.1, -0.05) is 51.1 Å². The maximum Gasteiger partial charge on any atom is 0.326 e. The molecule has 236 valence electrons. The molecule has 1 aliphatic rings. The van der Waals surface area contributed by atoms with Gasteiger partial charge in [-0.3, -0.25) is 14.4 Å². The van der Waals surface area contributed by atoms with Gasteiger partial charge in [0.15, 0.2) is 0 Å². The van der Waals surface area contributed by atoms with Crippen LogP contribution in [0.1, 0.15) is 57.6 Å². The van der Waals surface area contributed by atoms with E-state index in [1.807, 2.05) is 45.0 Å². The molecule has 2 heterocycles. The zero-order valence-electron chi connectivity index (χ0n) is 25.5. The molecule has 0 spiro atoms. The molecule has 0 saturated carbocycles. The molecular formula is C33H43N5O6. The number of para-hydroxylation sites is 1. The quantitative estimate of drug-likeness (QED) is 0.157. The summed E-state index contributed by atoms with van der Waals surface area (Å²) in [7, 11) is 0. The first-order valence-corrected chi connectivity index (χ1v) is 15.1. The highest BCUT2D eigenvalue weighted by Gasteiger charge is 2.32. The molecule has 1 saturated heterocycles. The number of phenols is 1. The highest BCUT2D eigenvalue weighted by atomic mass is 16.4. The predicted octanol–water partition coefficient (Wildman–Crippen LogP) is 2.78. The molecule has 3 unspecified atom stereocenters. The summed E-state index contributed by atoms with van der Waals surface area (Å²) in [6.45, 7) is 6.70. The van der Waals surface area contributed by atoms with E-state index < -0.39 is 42.0 Å². The van der Waals surface area contributed by atoms with Gasteiger partial charge in [-0.05, 0) is 67.0 Å². The van der Waals surface area contributed by atoms with E-state index in [9.17, 15) is 29.4 Å². The fourth-order valence-corrected chi connectivity index (χ4v) is 5.37. The van der Waals surface area contributed by atoms with Crippen LogP contribution >= 0.6 is 0 Å². The summed E-state index contributed by atoms with van der Waals surface area (Å²) in [6.07, 6.45) is 4.28. The SMILES string of the molecule is CC(C)(C)CCC(NC(=O)C(Cc1c[nH]c2ccccc12)NC(=O)C(Cc1ccc(O)cc1)NC(=O)[C@@H]1CCCN1)C(=O)O. The number of rotatable bonds is 13. The lowest BCUT2D eigenvalue weighted by molar-refractivity contribution is -0.142. The first-order valence-electron chi connectivity index (χ1n) is 15.1. The molecule has 0 bridgehead atoms. The fraction of sp³-hybridized carbons (Fsp3) is 0.455. The molecule has 7 N–H and O–H groups in total. The topological polar surface area (TPSA) is 173 Å². The van der Waals surface area contributed by atoms with Crippen LogP contribution in [0.4, 0.5) is 0 Å². The number of aromatic amines is 1. The largest absolute Gasteiger partial charge is 0.508 e. The highest BCUT2D eigenvalue weighted by Crippen LogP contribution is 2.23. The molecule has 44 heavy (non-hydrogen) atoms. The zero-order chi connectivity index (χ0) is 31.9. The number of aliphatic carboxylic acids is 1. The number of aromatic nitrogens is 1. The van der Waals surface area contributed by atoms with E-state index in [0.717, 1.165) is 22.9 Å². The van der Waals surface area contributed by atoms with E-state index in [0.29, 0.717) is 24.9 Å². The third-order valence-electron chi connectivity index (χ3n) is 7.92. The second-order valence-electron chi connectivity index (χ2n) is 12.7. The molecule has 3 aromatic rings. The maximum absolute atomic E-state index is 13.8. The third kappa shape index (κ3) is 9.06. The van der Waals surface area contributed by atoms with Crippen molar-refractivity contribution in [2.75, 3.05) is 6.54 Å². The molecule has 2 aromatic carbocycles. The fourth-order valence-electron chi connectivity index (χ4n) is 5.37. The average Bonchev–Trinajstić information content (AvgIpc) is 3.66. The summed E-state index contributed by atoms with van der Waals surface area (Å²) in [6, 6.07) is 10.2. The summed E-state index contributed by atoms with van der Waals surface area (Å²) < 4.78 is 0. The monoisotopic (exact) mass is 605 g/mol. The van der Waals surface area contributed by atoms with Crippen molar-refractivity contribution < 1.29 is 29.4 Å². The Bertz CT molecular complexity index is 1460. The lowest BCUT2D eigenvalue weighted by atomic mass is 9.88. The summed E-state index contributed by atoms with van der Waals surface area (Å²) in [5.41, 5.74) is 2.21. The van der Waals surface area contributed by atoms with Crippen LogP contribution in [0.3, 0.4) is 0 Å². The number of phenolic OH excluding ortho intramolecular Hbond substituents is 1. The number of aromatic hydroxyl groups is 1. The number of carboxylic acids is 1. The average molecular weight is 606 g/mol. The summed E-state index contributed by atoms with van der Waals surface area (Å²) >= 11 is 0. The first kappa shape index (κ1) is 32.5. The molecule has 1 aliphatic heterocycles. The summed E-state index contributed by atoms with van der Waals surface area (Å²) in [5.74, 6) is -2.60. The normalized spacial score (nSPS) is 17.0. The Morgan fingerprint density at radius 3 is 2.20 bits per heavy atom. The standard InChI is InChI=1S/C33H43N5O6/c1-33(2,3)15-14-26(32(43)44)36-31(42)28(18-21-19-35-24-8-5-4-7-23(21)24)38-30(41)27(17-20-10-12-22(39)13-11-20)37-29(40)25-9-6-16-34-25/h4-5,7-8,10-13,19,25-28,34-35,39H,6,9,14-18H2,1-3H3,(H,36,42)(H,37,40)(H,38,41)(H,43,44)/t25-,26?,27?,28?/m0/s1. The molecular weight excluding hydrogens is 562 g/mol. The van der Waals surface area contributed by atoms with E-state index >= 15 is 0 Å². The van der Waals surface area contributed by atoms with E-state index in [1.54, 1.807) is 18.3 Å². The lowest BCUT2D eigenvalue weighted by Gasteiger charge is -2.26. The van der Waals surface area contributed by atoms with Crippen LogP contribution in [-0.4, -0.2) is 69.6 Å². The predicted molar refractivity (Wildman–Crippen MR) is 167 cm³/mol. The molecule has 4 atom stereocenters. The van der Waals surface area contributed by atoms with Crippen LogP contribution in [0.15, 0.2) is 54.7 Å². The second kappa shape index (κ2) is 14.4. The lowest BCUT2D eigenvalue weighted by Crippen LogP contribution is -2.58. The minimum absolute atomic E-state index is 0.0730. The molecule has 1 fully saturated rings. The summed E-state index contributed by atoms with van der Waals surface area (Å²) in [4.78, 5) is 55.9. The van der Waals surface area contributed by atoms with Crippen LogP contribution in [0, 0.1) is 5.41 Å². The molecule has 0 aliphatic carbocycles. The second-order valence-corrected chi connectivity index (χ2v) is 12.7. The highest BCUT2D eigenvalue weighted by molar-refractivity contribution is 5.95. The van der Waals surface area contributed by atoms with E-state index in [-0.39, 0.29) is 36.3 Å². The van der Waals surface area contributed by atoms with Crippen LogP contribution in [-0.2, 0) is 32.0 Å². The number of carboxylic acid groups (broad SMARTS) is 1. The Morgan fingerprint density at radius 1 is 0.909 bits per heavy atom. The van der Waals surface area contributed by atoms with Crippen molar-refractivity contribution in [3.63, 3.8) is 0 Å². The van der Waals surface area contributed by atoms with Crippen LogP contribution in [0.2, 0.25) is 0 Å². The number of amides is 3. The summed E-state index contributed by atoms with van der Waals surface area (Å²) in [5, 5.41) is 31.9. The van der Waals surface area contributed by atoms with Crippen molar-refractivity contribution in [1.29, 1.82) is 0 Å². The van der Waals surface area contributed by atoms with Crippen molar-refractivity contribution >= 4 is 34.6 Å². The molecule has 0 radical (unpaired) electrons. The van der Waals surface area contributed by atoms with Crippen molar-refractivity contribution in [2.24, 2.45) is 5.41 Å². The third-order valence-corrected chi connectivity index (χ3v) is 7.92. The van der Waals surface area contributed by atoms with Gasteiger partial charge < -0.3 is 36.5 Å². The van der Waals surface area contributed by atoms with Crippen molar-refractivity contribution in [3.8, 4) is 5.75 Å². The smallest absolute Gasteiger partial charge is 0.326 e. The van der Waals surface area contributed by atoms with Gasteiger partial charge >= 0.3 is 5.97 Å². The first-order chi connectivity index (χ1) is 20.9. The number of fused-ring (bicyclic) bond motifs is 1. The van der Waals surface area contributed by atoms with Gasteiger partial charge in [-0.25, -0.2) is 4.79 Å². The molecule has 1 aromatic heterocycles. The number of nitrogens with one attached hydrogen (secondary N) is 5. The maximum atomic E-state index is 13.8. The molecule has 11 nitrogen and oxygen atoms in total. The van der Waals surface area contributed by atoms with Crippen LogP contribution in [0.5, 0.6) is 5.75 Å². The number of hydrogen-bond acceptors (Lipinski definition) is 6. The van der Waals surface area contributed by atoms with Gasteiger partial charge in [0.25, 0.3) is 0 Å².